The molecule has 1 aliphatic heterocycles. The van der Waals surface area contributed by atoms with Gasteiger partial charge in [0, 0.05) is 31.2 Å². The van der Waals surface area contributed by atoms with Crippen molar-refractivity contribution in [1.29, 1.82) is 0 Å². The van der Waals surface area contributed by atoms with E-state index in [2.05, 4.69) is 20.4 Å². The number of aromatic carboxylic acids is 1. The first kappa shape index (κ1) is 24.4. The van der Waals surface area contributed by atoms with Crippen LogP contribution < -0.4 is 5.32 Å². The Morgan fingerprint density at radius 3 is 2.59 bits per heavy atom. The third-order valence-electron chi connectivity index (χ3n) is 6.90. The highest BCUT2D eigenvalue weighted by atomic mass is 35.5. The number of benzene rings is 1. The average molecular weight is 560 g/mol. The van der Waals surface area contributed by atoms with Crippen LogP contribution in [0.5, 0.6) is 0 Å². The van der Waals surface area contributed by atoms with Gasteiger partial charge in [0.15, 0.2) is 11.6 Å². The number of halogens is 2. The van der Waals surface area contributed by atoms with E-state index < -0.39 is 5.97 Å². The summed E-state index contributed by atoms with van der Waals surface area (Å²) in [6, 6.07) is 9.00. The first-order valence-electron chi connectivity index (χ1n) is 12.1. The third kappa shape index (κ3) is 4.86. The second-order valence-electron chi connectivity index (χ2n) is 9.42. The lowest BCUT2D eigenvalue weighted by atomic mass is 10.0. The number of nitrogens with one attached hydrogen (secondary N) is 1. The molecule has 4 aromatic rings. The second-order valence-corrected chi connectivity index (χ2v) is 11.5. The molecule has 9 nitrogen and oxygen atoms in total. The van der Waals surface area contributed by atoms with E-state index in [1.807, 2.05) is 6.07 Å². The zero-order chi connectivity index (χ0) is 25.7. The highest BCUT2D eigenvalue weighted by molar-refractivity contribution is 7.19. The van der Waals surface area contributed by atoms with Crippen molar-refractivity contribution in [3.8, 4) is 10.6 Å². The SMILES string of the molecule is O=C(O)c1ccc(Cl)c2c1nc(C(=O)NC1CCN(C3CC3)CC1)n2Cc1cc(-c2ccc(Cl)s2)on1. The first-order chi connectivity index (χ1) is 17.9. The summed E-state index contributed by atoms with van der Waals surface area (Å²) in [5.41, 5.74) is 1.02. The fourth-order valence-corrected chi connectivity index (χ4v) is 6.15. The number of hydrogen-bond donors (Lipinski definition) is 2. The van der Waals surface area contributed by atoms with Gasteiger partial charge in [-0.05, 0) is 49.9 Å². The molecule has 6 rings (SSSR count). The van der Waals surface area contributed by atoms with Gasteiger partial charge in [0.25, 0.3) is 5.91 Å². The molecule has 0 spiro atoms. The van der Waals surface area contributed by atoms with Gasteiger partial charge < -0.3 is 24.4 Å². The predicted molar refractivity (Wildman–Crippen MR) is 141 cm³/mol. The van der Waals surface area contributed by atoms with E-state index in [4.69, 9.17) is 27.7 Å². The molecule has 0 atom stereocenters. The lowest BCUT2D eigenvalue weighted by molar-refractivity contribution is 0.0698. The van der Waals surface area contributed by atoms with E-state index in [1.54, 1.807) is 16.7 Å². The number of thiophene rings is 1. The number of piperidine rings is 1. The molecule has 3 aromatic heterocycles. The van der Waals surface area contributed by atoms with Gasteiger partial charge in [-0.15, -0.1) is 11.3 Å². The number of likely N-dealkylation sites (tertiary alicyclic amines) is 1. The molecule has 4 heterocycles. The van der Waals surface area contributed by atoms with Crippen LogP contribution in [0.15, 0.2) is 34.9 Å². The summed E-state index contributed by atoms with van der Waals surface area (Å²) in [7, 11) is 0. The standard InChI is InChI=1S/C25H23Cl2N5O4S/c26-17-4-3-16(25(34)35)21-22(17)32(12-14-11-18(36-30-14)19-5-6-20(27)37-19)23(29-21)24(33)28-13-7-9-31(10-8-13)15-1-2-15/h3-6,11,13,15H,1-2,7-10,12H2,(H,28,33)(H,34,35). The van der Waals surface area contributed by atoms with Crippen molar-refractivity contribution in [3.05, 3.63) is 56.8 Å². The van der Waals surface area contributed by atoms with Crippen LogP contribution in [-0.4, -0.2) is 61.8 Å². The van der Waals surface area contributed by atoms with Gasteiger partial charge in [-0.2, -0.15) is 0 Å². The van der Waals surface area contributed by atoms with E-state index in [0.717, 1.165) is 30.8 Å². The largest absolute Gasteiger partial charge is 0.478 e. The summed E-state index contributed by atoms with van der Waals surface area (Å²) in [4.78, 5) is 33.2. The van der Waals surface area contributed by atoms with Crippen LogP contribution in [0.4, 0.5) is 0 Å². The molecular formula is C25H23Cl2N5O4S. The molecule has 0 radical (unpaired) electrons. The molecule has 192 valence electrons. The Morgan fingerprint density at radius 1 is 1.14 bits per heavy atom. The van der Waals surface area contributed by atoms with Crippen molar-refractivity contribution >= 4 is 57.4 Å². The quantitative estimate of drug-likeness (QED) is 0.321. The fraction of sp³-hybridized carbons (Fsp3) is 0.360. The Morgan fingerprint density at radius 2 is 1.92 bits per heavy atom. The minimum atomic E-state index is -1.15. The van der Waals surface area contributed by atoms with Crippen LogP contribution in [0.3, 0.4) is 0 Å². The van der Waals surface area contributed by atoms with Gasteiger partial charge in [-0.3, -0.25) is 4.79 Å². The predicted octanol–water partition coefficient (Wildman–Crippen LogP) is 5.16. The second kappa shape index (κ2) is 9.75. The van der Waals surface area contributed by atoms with Crippen LogP contribution in [-0.2, 0) is 6.54 Å². The summed E-state index contributed by atoms with van der Waals surface area (Å²) in [6.07, 6.45) is 4.24. The summed E-state index contributed by atoms with van der Waals surface area (Å²) < 4.78 is 7.75. The molecule has 2 fully saturated rings. The number of carboxylic acids is 1. The van der Waals surface area contributed by atoms with Gasteiger partial charge in [-0.25, -0.2) is 9.78 Å². The Bertz CT molecular complexity index is 1500. The number of aromatic nitrogens is 3. The van der Waals surface area contributed by atoms with E-state index in [9.17, 15) is 14.7 Å². The molecule has 1 saturated heterocycles. The number of nitrogens with zero attached hydrogens (tertiary/aromatic N) is 4. The maximum Gasteiger partial charge on any atom is 0.337 e. The van der Waals surface area contributed by atoms with Crippen molar-refractivity contribution in [3.63, 3.8) is 0 Å². The van der Waals surface area contributed by atoms with Crippen LogP contribution in [0.1, 0.15) is 52.4 Å². The van der Waals surface area contributed by atoms with Gasteiger partial charge in [0.05, 0.1) is 31.9 Å². The normalized spacial score (nSPS) is 16.9. The monoisotopic (exact) mass is 559 g/mol. The number of imidazole rings is 1. The summed E-state index contributed by atoms with van der Waals surface area (Å²) in [5.74, 6) is -0.896. The molecule has 1 aromatic carbocycles. The van der Waals surface area contributed by atoms with Crippen LogP contribution in [0, 0.1) is 0 Å². The van der Waals surface area contributed by atoms with E-state index in [0.29, 0.717) is 27.3 Å². The molecule has 37 heavy (non-hydrogen) atoms. The zero-order valence-corrected chi connectivity index (χ0v) is 21.9. The highest BCUT2D eigenvalue weighted by Crippen LogP contribution is 2.33. The first-order valence-corrected chi connectivity index (χ1v) is 13.6. The van der Waals surface area contributed by atoms with Gasteiger partial charge in [0.2, 0.25) is 0 Å². The number of carbonyl (C=O) groups excluding carboxylic acids is 1. The van der Waals surface area contributed by atoms with Crippen molar-refractivity contribution < 1.29 is 19.2 Å². The molecule has 1 aliphatic carbocycles. The Balaban J connectivity index is 1.33. The van der Waals surface area contributed by atoms with Crippen molar-refractivity contribution in [2.45, 2.75) is 44.3 Å². The number of carboxylic acid groups (broad SMARTS) is 1. The number of rotatable bonds is 7. The smallest absolute Gasteiger partial charge is 0.337 e. The number of fused-ring (bicyclic) bond motifs is 1. The number of amides is 1. The minimum Gasteiger partial charge on any atom is -0.478 e. The van der Waals surface area contributed by atoms with Crippen molar-refractivity contribution in [1.82, 2.24) is 24.9 Å². The Labute approximate surface area is 226 Å². The lowest BCUT2D eigenvalue weighted by Crippen LogP contribution is -2.45. The summed E-state index contributed by atoms with van der Waals surface area (Å²) in [5, 5.41) is 17.3. The minimum absolute atomic E-state index is 0.0207. The third-order valence-corrected chi connectivity index (χ3v) is 8.45. The van der Waals surface area contributed by atoms with Crippen LogP contribution >= 0.6 is 34.5 Å². The van der Waals surface area contributed by atoms with Crippen LogP contribution in [0.2, 0.25) is 9.36 Å². The molecule has 1 amide bonds. The van der Waals surface area contributed by atoms with E-state index in [1.165, 1.54) is 36.3 Å². The molecule has 2 aliphatic rings. The average Bonchev–Trinajstić information content (AvgIpc) is 3.27. The molecular weight excluding hydrogens is 537 g/mol. The lowest BCUT2D eigenvalue weighted by Gasteiger charge is -2.32. The van der Waals surface area contributed by atoms with Gasteiger partial charge >= 0.3 is 5.97 Å². The fourth-order valence-electron chi connectivity index (χ4n) is 4.91. The Kier molecular flexibility index (Phi) is 6.44. The maximum absolute atomic E-state index is 13.5. The number of hydrogen-bond acceptors (Lipinski definition) is 7. The summed E-state index contributed by atoms with van der Waals surface area (Å²) >= 11 is 13.9. The van der Waals surface area contributed by atoms with Crippen molar-refractivity contribution in [2.24, 2.45) is 0 Å². The van der Waals surface area contributed by atoms with E-state index in [-0.39, 0.29) is 40.4 Å². The van der Waals surface area contributed by atoms with Crippen molar-refractivity contribution in [2.75, 3.05) is 13.1 Å². The van der Waals surface area contributed by atoms with E-state index >= 15 is 0 Å². The molecule has 12 heteroatoms. The number of carbonyl (C=O) groups is 2. The van der Waals surface area contributed by atoms with Gasteiger partial charge in [0.1, 0.15) is 11.2 Å². The molecule has 0 bridgehead atoms. The zero-order valence-electron chi connectivity index (χ0n) is 19.6. The molecule has 2 N–H and O–H groups in total. The topological polar surface area (TPSA) is 113 Å². The maximum atomic E-state index is 13.5. The molecule has 0 unspecified atom stereocenters. The Hall–Kier alpha value is -2.92. The van der Waals surface area contributed by atoms with Gasteiger partial charge in [-0.1, -0.05) is 28.4 Å². The molecule has 1 saturated carbocycles. The highest BCUT2D eigenvalue weighted by Gasteiger charge is 2.33. The summed E-state index contributed by atoms with van der Waals surface area (Å²) in [6.45, 7) is 2.02. The van der Waals surface area contributed by atoms with Crippen LogP contribution in [0.25, 0.3) is 21.7 Å².